The summed E-state index contributed by atoms with van der Waals surface area (Å²) < 4.78 is 18.5. The second-order valence-electron chi connectivity index (χ2n) is 8.27. The summed E-state index contributed by atoms with van der Waals surface area (Å²) in [5.74, 6) is -0.176. The minimum Gasteiger partial charge on any atom is -0.379 e. The van der Waals surface area contributed by atoms with Crippen molar-refractivity contribution in [3.8, 4) is 0 Å². The Morgan fingerprint density at radius 3 is 2.57 bits per heavy atom. The molecule has 8 heteroatoms. The largest absolute Gasteiger partial charge is 0.379 e. The SMILES string of the molecule is CC(C)CC(CNC(=O)C1=NN(Cc2ccc(F)cc2)C(=O)CC1)N1CCOCC1. The van der Waals surface area contributed by atoms with Crippen LogP contribution in [-0.4, -0.2) is 66.3 Å². The predicted molar refractivity (Wildman–Crippen MR) is 112 cm³/mol. The highest BCUT2D eigenvalue weighted by Crippen LogP contribution is 2.16. The van der Waals surface area contributed by atoms with Crippen LogP contribution in [0.3, 0.4) is 0 Å². The lowest BCUT2D eigenvalue weighted by molar-refractivity contribution is -0.132. The van der Waals surface area contributed by atoms with Gasteiger partial charge in [0.1, 0.15) is 11.5 Å². The van der Waals surface area contributed by atoms with E-state index in [1.165, 1.54) is 17.1 Å². The highest BCUT2D eigenvalue weighted by molar-refractivity contribution is 6.39. The van der Waals surface area contributed by atoms with Crippen LogP contribution in [-0.2, 0) is 20.9 Å². The van der Waals surface area contributed by atoms with Crippen molar-refractivity contribution in [2.75, 3.05) is 32.8 Å². The van der Waals surface area contributed by atoms with Crippen molar-refractivity contribution >= 4 is 17.5 Å². The lowest BCUT2D eigenvalue weighted by Gasteiger charge is -2.35. The molecule has 30 heavy (non-hydrogen) atoms. The van der Waals surface area contributed by atoms with Crippen LogP contribution in [0.4, 0.5) is 4.39 Å². The first-order valence-electron chi connectivity index (χ1n) is 10.6. The number of nitrogens with one attached hydrogen (secondary N) is 1. The summed E-state index contributed by atoms with van der Waals surface area (Å²) in [5, 5.41) is 8.62. The first-order chi connectivity index (χ1) is 14.4. The van der Waals surface area contributed by atoms with Crippen LogP contribution in [0.2, 0.25) is 0 Å². The van der Waals surface area contributed by atoms with Gasteiger partial charge in [-0.15, -0.1) is 0 Å². The van der Waals surface area contributed by atoms with Gasteiger partial charge in [-0.3, -0.25) is 14.5 Å². The minimum absolute atomic E-state index is 0.137. The number of halogens is 1. The molecule has 0 saturated carbocycles. The van der Waals surface area contributed by atoms with E-state index < -0.39 is 0 Å². The van der Waals surface area contributed by atoms with Gasteiger partial charge < -0.3 is 10.1 Å². The summed E-state index contributed by atoms with van der Waals surface area (Å²) in [4.78, 5) is 27.3. The number of hydrogen-bond acceptors (Lipinski definition) is 5. The Hall–Kier alpha value is -2.32. The first-order valence-corrected chi connectivity index (χ1v) is 10.6. The van der Waals surface area contributed by atoms with Crippen LogP contribution in [0.25, 0.3) is 0 Å². The van der Waals surface area contributed by atoms with E-state index in [9.17, 15) is 14.0 Å². The van der Waals surface area contributed by atoms with Crippen molar-refractivity contribution in [3.05, 3.63) is 35.6 Å². The number of carbonyl (C=O) groups is 2. The average Bonchev–Trinajstić information content (AvgIpc) is 2.74. The van der Waals surface area contributed by atoms with E-state index in [0.717, 1.165) is 38.3 Å². The Morgan fingerprint density at radius 1 is 1.20 bits per heavy atom. The topological polar surface area (TPSA) is 74.2 Å². The van der Waals surface area contributed by atoms with Crippen molar-refractivity contribution in [1.29, 1.82) is 0 Å². The van der Waals surface area contributed by atoms with Crippen LogP contribution in [0, 0.1) is 11.7 Å². The molecule has 0 radical (unpaired) electrons. The minimum atomic E-state index is -0.330. The van der Waals surface area contributed by atoms with Crippen LogP contribution < -0.4 is 5.32 Å². The molecule has 0 bridgehead atoms. The van der Waals surface area contributed by atoms with Crippen molar-refractivity contribution in [2.45, 2.75) is 45.7 Å². The molecule has 0 aliphatic carbocycles. The molecule has 1 atom stereocenters. The molecule has 2 aliphatic heterocycles. The van der Waals surface area contributed by atoms with E-state index >= 15 is 0 Å². The maximum absolute atomic E-state index is 13.1. The first kappa shape index (κ1) is 22.4. The Morgan fingerprint density at radius 2 is 1.90 bits per heavy atom. The maximum atomic E-state index is 13.1. The van der Waals surface area contributed by atoms with Gasteiger partial charge in [-0.1, -0.05) is 26.0 Å². The molecule has 1 N–H and O–H groups in total. The summed E-state index contributed by atoms with van der Waals surface area (Å²) in [6, 6.07) is 6.18. The van der Waals surface area contributed by atoms with Gasteiger partial charge >= 0.3 is 0 Å². The van der Waals surface area contributed by atoms with Gasteiger partial charge in [-0.05, 0) is 30.0 Å². The van der Waals surface area contributed by atoms with Gasteiger partial charge in [0.2, 0.25) is 5.91 Å². The smallest absolute Gasteiger partial charge is 0.267 e. The molecule has 2 amide bonds. The highest BCUT2D eigenvalue weighted by Gasteiger charge is 2.27. The number of hydrogen-bond donors (Lipinski definition) is 1. The van der Waals surface area contributed by atoms with Crippen LogP contribution >= 0.6 is 0 Å². The fraction of sp³-hybridized carbons (Fsp3) is 0.591. The van der Waals surface area contributed by atoms with Gasteiger partial charge in [0.15, 0.2) is 0 Å². The summed E-state index contributed by atoms with van der Waals surface area (Å²) in [5.41, 5.74) is 1.13. The molecule has 0 aromatic heterocycles. The van der Waals surface area contributed by atoms with Crippen LogP contribution in [0.5, 0.6) is 0 Å². The molecule has 1 aromatic rings. The normalized spacial score (nSPS) is 19.0. The second-order valence-corrected chi connectivity index (χ2v) is 8.27. The third-order valence-electron chi connectivity index (χ3n) is 5.42. The quantitative estimate of drug-likeness (QED) is 0.702. The molecular weight excluding hydrogens is 387 g/mol. The van der Waals surface area contributed by atoms with Gasteiger partial charge in [0, 0.05) is 38.5 Å². The van der Waals surface area contributed by atoms with E-state index in [-0.39, 0.29) is 36.6 Å². The van der Waals surface area contributed by atoms with E-state index in [1.54, 1.807) is 12.1 Å². The van der Waals surface area contributed by atoms with Crippen molar-refractivity contribution < 1.29 is 18.7 Å². The zero-order valence-corrected chi connectivity index (χ0v) is 17.8. The van der Waals surface area contributed by atoms with Gasteiger partial charge in [0.05, 0.1) is 19.8 Å². The van der Waals surface area contributed by atoms with Crippen LogP contribution in [0.1, 0.15) is 38.7 Å². The van der Waals surface area contributed by atoms with Crippen LogP contribution in [0.15, 0.2) is 29.4 Å². The Balaban J connectivity index is 1.60. The molecule has 1 saturated heterocycles. The van der Waals surface area contributed by atoms with Crippen molar-refractivity contribution in [2.24, 2.45) is 11.0 Å². The lowest BCUT2D eigenvalue weighted by Crippen LogP contribution is -2.50. The monoisotopic (exact) mass is 418 g/mol. The number of carbonyl (C=O) groups excluding carboxylic acids is 2. The summed E-state index contributed by atoms with van der Waals surface area (Å²) in [6.07, 6.45) is 1.56. The molecule has 7 nitrogen and oxygen atoms in total. The molecule has 1 aromatic carbocycles. The lowest BCUT2D eigenvalue weighted by atomic mass is 10.0. The zero-order valence-electron chi connectivity index (χ0n) is 17.8. The fourth-order valence-electron chi connectivity index (χ4n) is 3.81. The molecular formula is C22H31FN4O3. The average molecular weight is 419 g/mol. The molecule has 164 valence electrons. The predicted octanol–water partition coefficient (Wildman–Crippen LogP) is 2.17. The number of benzene rings is 1. The van der Waals surface area contributed by atoms with Crippen molar-refractivity contribution in [3.63, 3.8) is 0 Å². The second kappa shape index (κ2) is 10.6. The molecule has 3 rings (SSSR count). The number of ether oxygens (including phenoxy) is 1. The van der Waals surface area contributed by atoms with Crippen molar-refractivity contribution in [1.82, 2.24) is 15.2 Å². The number of amides is 2. The molecule has 2 heterocycles. The third-order valence-corrected chi connectivity index (χ3v) is 5.42. The molecule has 2 aliphatic rings. The Bertz CT molecular complexity index is 760. The van der Waals surface area contributed by atoms with Gasteiger partial charge in [0.25, 0.3) is 5.91 Å². The van der Waals surface area contributed by atoms with E-state index in [0.29, 0.717) is 24.6 Å². The van der Waals surface area contributed by atoms with E-state index in [2.05, 4.69) is 29.2 Å². The maximum Gasteiger partial charge on any atom is 0.267 e. The molecule has 1 unspecified atom stereocenters. The summed E-state index contributed by atoms with van der Waals surface area (Å²) >= 11 is 0. The van der Waals surface area contributed by atoms with E-state index in [4.69, 9.17) is 4.74 Å². The third kappa shape index (κ3) is 6.34. The zero-order chi connectivity index (χ0) is 21.5. The standard InChI is InChI=1S/C22H31FN4O3/c1-16(2)13-19(26-9-11-30-12-10-26)14-24-22(29)20-7-8-21(28)27(25-20)15-17-3-5-18(23)6-4-17/h3-6,16,19H,7-15H2,1-2H3,(H,24,29). The number of nitrogens with zero attached hydrogens (tertiary/aromatic N) is 3. The molecule has 0 spiro atoms. The number of hydrazone groups is 1. The number of morpholine rings is 1. The summed E-state index contributed by atoms with van der Waals surface area (Å²) in [7, 11) is 0. The summed E-state index contributed by atoms with van der Waals surface area (Å²) in [6.45, 7) is 8.30. The number of rotatable bonds is 8. The highest BCUT2D eigenvalue weighted by atomic mass is 19.1. The molecule has 1 fully saturated rings. The Labute approximate surface area is 177 Å². The fourth-order valence-corrected chi connectivity index (χ4v) is 3.81. The van der Waals surface area contributed by atoms with Gasteiger partial charge in [-0.2, -0.15) is 5.10 Å². The Kier molecular flexibility index (Phi) is 7.93. The van der Waals surface area contributed by atoms with E-state index in [1.807, 2.05) is 0 Å². The van der Waals surface area contributed by atoms with Gasteiger partial charge in [-0.25, -0.2) is 9.40 Å².